The number of hydrogen-bond donors (Lipinski definition) is 1. The van der Waals surface area contributed by atoms with E-state index in [0.717, 1.165) is 28.6 Å². The number of nitrogens with zero attached hydrogens (tertiary/aromatic N) is 2. The fourth-order valence-electron chi connectivity index (χ4n) is 4.62. The molecular weight excluding hydrogens is 498 g/mol. The van der Waals surface area contributed by atoms with Gasteiger partial charge in [0.2, 0.25) is 0 Å². The minimum Gasteiger partial charge on any atom is -0.494 e. The Morgan fingerprint density at radius 3 is 2.26 bits per heavy atom. The number of rotatable bonds is 7. The first-order valence-electron chi connectivity index (χ1n) is 12.9. The van der Waals surface area contributed by atoms with Crippen LogP contribution in [0.5, 0.6) is 5.75 Å². The smallest absolute Gasteiger partial charge is 0.255 e. The molecule has 1 aliphatic heterocycles. The summed E-state index contributed by atoms with van der Waals surface area (Å²) in [7, 11) is 0. The quantitative estimate of drug-likeness (QED) is 0.298. The first-order chi connectivity index (χ1) is 18.5. The summed E-state index contributed by atoms with van der Waals surface area (Å²) in [4.78, 5) is 29.8. The lowest BCUT2D eigenvalue weighted by Crippen LogP contribution is -2.48. The topological polar surface area (TPSA) is 61.9 Å². The minimum absolute atomic E-state index is 0.0181. The molecule has 0 atom stereocenters. The molecule has 0 saturated carbocycles. The number of halogens is 1. The van der Waals surface area contributed by atoms with Gasteiger partial charge in [0.05, 0.1) is 17.3 Å². The molecule has 0 unspecified atom stereocenters. The Hall–Kier alpha value is -4.03. The predicted molar refractivity (Wildman–Crippen MR) is 154 cm³/mol. The average Bonchev–Trinajstić information content (AvgIpc) is 2.96. The maximum atomic E-state index is 13.0. The van der Waals surface area contributed by atoms with E-state index in [2.05, 4.69) is 17.1 Å². The van der Waals surface area contributed by atoms with Crippen LogP contribution in [0.15, 0.2) is 84.9 Å². The van der Waals surface area contributed by atoms with Gasteiger partial charge >= 0.3 is 0 Å². The van der Waals surface area contributed by atoms with Crippen molar-refractivity contribution in [2.24, 2.45) is 0 Å². The van der Waals surface area contributed by atoms with Gasteiger partial charge in [-0.25, -0.2) is 0 Å². The Morgan fingerprint density at radius 2 is 1.55 bits per heavy atom. The van der Waals surface area contributed by atoms with E-state index in [1.54, 1.807) is 6.07 Å². The van der Waals surface area contributed by atoms with Crippen molar-refractivity contribution in [2.45, 2.75) is 13.3 Å². The summed E-state index contributed by atoms with van der Waals surface area (Å²) in [5.41, 5.74) is 2.77. The van der Waals surface area contributed by atoms with Gasteiger partial charge in [0, 0.05) is 43.0 Å². The van der Waals surface area contributed by atoms with Crippen LogP contribution in [0, 0.1) is 0 Å². The third-order valence-electron chi connectivity index (χ3n) is 6.70. The number of piperazine rings is 1. The molecule has 0 spiro atoms. The average molecular weight is 528 g/mol. The normalized spacial score (nSPS) is 13.4. The summed E-state index contributed by atoms with van der Waals surface area (Å²) >= 11 is 6.63. The van der Waals surface area contributed by atoms with Crippen molar-refractivity contribution in [3.05, 3.63) is 101 Å². The Bertz CT molecular complexity index is 1450. The van der Waals surface area contributed by atoms with Crippen LogP contribution in [0.25, 0.3) is 10.8 Å². The number of carbonyl (C=O) groups is 2. The predicted octanol–water partition coefficient (Wildman–Crippen LogP) is 6.50. The Labute approximate surface area is 227 Å². The molecule has 1 aliphatic rings. The van der Waals surface area contributed by atoms with Crippen molar-refractivity contribution < 1.29 is 14.3 Å². The van der Waals surface area contributed by atoms with Gasteiger partial charge in [-0.1, -0.05) is 48.9 Å². The molecule has 1 N–H and O–H groups in total. The Balaban J connectivity index is 1.18. The highest BCUT2D eigenvalue weighted by Crippen LogP contribution is 2.30. The Kier molecular flexibility index (Phi) is 7.80. The van der Waals surface area contributed by atoms with Crippen LogP contribution in [0.3, 0.4) is 0 Å². The van der Waals surface area contributed by atoms with Crippen LogP contribution in [0.4, 0.5) is 11.4 Å². The summed E-state index contributed by atoms with van der Waals surface area (Å²) in [6.45, 7) is 5.27. The summed E-state index contributed by atoms with van der Waals surface area (Å²) in [6.07, 6.45) is 0.942. The lowest BCUT2D eigenvalue weighted by molar-refractivity contribution is 0.0746. The molecular formula is C31H30ClN3O3. The van der Waals surface area contributed by atoms with Crippen molar-refractivity contribution in [3.8, 4) is 5.75 Å². The molecule has 7 heteroatoms. The van der Waals surface area contributed by atoms with E-state index >= 15 is 0 Å². The van der Waals surface area contributed by atoms with E-state index in [1.807, 2.05) is 83.8 Å². The van der Waals surface area contributed by atoms with Crippen molar-refractivity contribution in [1.29, 1.82) is 0 Å². The lowest BCUT2D eigenvalue weighted by atomic mass is 10.1. The third kappa shape index (κ3) is 5.76. The fraction of sp³-hybridized carbons (Fsp3) is 0.226. The number of nitrogens with one attached hydrogen (secondary N) is 1. The molecule has 0 radical (unpaired) electrons. The molecule has 0 aliphatic carbocycles. The molecule has 2 amide bonds. The highest BCUT2D eigenvalue weighted by molar-refractivity contribution is 6.33. The van der Waals surface area contributed by atoms with E-state index in [0.29, 0.717) is 54.6 Å². The van der Waals surface area contributed by atoms with Crippen molar-refractivity contribution in [3.63, 3.8) is 0 Å². The SMILES string of the molecule is CCCOc1ccc(C(=O)N2CCN(c3ccc(NC(=O)c4ccc5ccccc5c4)cc3Cl)CC2)cc1. The maximum Gasteiger partial charge on any atom is 0.255 e. The molecule has 1 fully saturated rings. The molecule has 1 heterocycles. The molecule has 194 valence electrons. The molecule has 0 bridgehead atoms. The number of carbonyl (C=O) groups excluding carboxylic acids is 2. The minimum atomic E-state index is -0.184. The molecule has 1 saturated heterocycles. The van der Waals surface area contributed by atoms with E-state index in [4.69, 9.17) is 16.3 Å². The standard InChI is InChI=1S/C31H30ClN3O3/c1-2-19-38-27-12-9-23(10-13-27)31(37)35-17-15-34(16-18-35)29-14-11-26(21-28(29)32)33-30(36)25-8-7-22-5-3-4-6-24(22)20-25/h3-14,20-21H,2,15-19H2,1H3,(H,33,36). The second-order valence-corrected chi connectivity index (χ2v) is 9.74. The number of anilines is 2. The molecule has 5 rings (SSSR count). The van der Waals surface area contributed by atoms with Crippen molar-refractivity contribution in [1.82, 2.24) is 4.90 Å². The van der Waals surface area contributed by atoms with Gasteiger partial charge in [-0.3, -0.25) is 9.59 Å². The number of fused-ring (bicyclic) bond motifs is 1. The van der Waals surface area contributed by atoms with Gasteiger partial charge in [-0.15, -0.1) is 0 Å². The van der Waals surface area contributed by atoms with Crippen LogP contribution in [-0.2, 0) is 0 Å². The summed E-state index contributed by atoms with van der Waals surface area (Å²) in [6, 6.07) is 26.5. The monoisotopic (exact) mass is 527 g/mol. The van der Waals surface area contributed by atoms with Crippen LogP contribution in [0.2, 0.25) is 5.02 Å². The van der Waals surface area contributed by atoms with E-state index in [-0.39, 0.29) is 11.8 Å². The van der Waals surface area contributed by atoms with Crippen LogP contribution >= 0.6 is 11.6 Å². The Morgan fingerprint density at radius 1 is 0.842 bits per heavy atom. The highest BCUT2D eigenvalue weighted by atomic mass is 35.5. The zero-order valence-electron chi connectivity index (χ0n) is 21.3. The maximum absolute atomic E-state index is 13.0. The van der Waals surface area contributed by atoms with E-state index in [1.165, 1.54) is 0 Å². The van der Waals surface area contributed by atoms with Crippen LogP contribution in [0.1, 0.15) is 34.1 Å². The molecule has 4 aromatic rings. The number of hydrogen-bond acceptors (Lipinski definition) is 4. The zero-order chi connectivity index (χ0) is 26.5. The second kappa shape index (κ2) is 11.6. The largest absolute Gasteiger partial charge is 0.494 e. The highest BCUT2D eigenvalue weighted by Gasteiger charge is 2.23. The molecule has 38 heavy (non-hydrogen) atoms. The second-order valence-electron chi connectivity index (χ2n) is 9.33. The molecule has 4 aromatic carbocycles. The first kappa shape index (κ1) is 25.6. The fourth-order valence-corrected chi connectivity index (χ4v) is 4.92. The van der Waals surface area contributed by atoms with Gasteiger partial charge in [-0.05, 0) is 71.8 Å². The van der Waals surface area contributed by atoms with Gasteiger partial charge in [-0.2, -0.15) is 0 Å². The van der Waals surface area contributed by atoms with E-state index in [9.17, 15) is 9.59 Å². The van der Waals surface area contributed by atoms with Gasteiger partial charge in [0.1, 0.15) is 5.75 Å². The van der Waals surface area contributed by atoms with Crippen molar-refractivity contribution in [2.75, 3.05) is 43.0 Å². The molecule has 0 aromatic heterocycles. The van der Waals surface area contributed by atoms with Gasteiger partial charge in [0.15, 0.2) is 0 Å². The molecule has 6 nitrogen and oxygen atoms in total. The number of benzene rings is 4. The van der Waals surface area contributed by atoms with Gasteiger partial charge in [0.25, 0.3) is 11.8 Å². The van der Waals surface area contributed by atoms with Gasteiger partial charge < -0.3 is 19.9 Å². The summed E-state index contributed by atoms with van der Waals surface area (Å²) < 4.78 is 5.61. The first-order valence-corrected chi connectivity index (χ1v) is 13.3. The summed E-state index contributed by atoms with van der Waals surface area (Å²) in [5.74, 6) is 0.612. The van der Waals surface area contributed by atoms with Crippen LogP contribution < -0.4 is 15.0 Å². The number of ether oxygens (including phenoxy) is 1. The third-order valence-corrected chi connectivity index (χ3v) is 7.00. The zero-order valence-corrected chi connectivity index (χ0v) is 22.1. The van der Waals surface area contributed by atoms with Crippen LogP contribution in [-0.4, -0.2) is 49.5 Å². The summed E-state index contributed by atoms with van der Waals surface area (Å²) in [5, 5.41) is 5.61. The lowest BCUT2D eigenvalue weighted by Gasteiger charge is -2.36. The number of amides is 2. The van der Waals surface area contributed by atoms with E-state index < -0.39 is 0 Å². The van der Waals surface area contributed by atoms with Crippen molar-refractivity contribution >= 4 is 45.6 Å².